The molecule has 0 spiro atoms. The largest absolute Gasteiger partial charge is 0.493 e. The summed E-state index contributed by atoms with van der Waals surface area (Å²) in [6.45, 7) is 4.43. The number of nitrogens with zero attached hydrogens (tertiary/aromatic N) is 1. The number of methoxy groups -OCH3 is 1. The van der Waals surface area contributed by atoms with Crippen molar-refractivity contribution in [3.05, 3.63) is 45.1 Å². The van der Waals surface area contributed by atoms with E-state index in [1.165, 1.54) is 21.1 Å². The predicted octanol–water partition coefficient (Wildman–Crippen LogP) is 3.02. The van der Waals surface area contributed by atoms with Crippen molar-refractivity contribution in [1.29, 1.82) is 0 Å². The topological polar surface area (TPSA) is 67.9 Å². The van der Waals surface area contributed by atoms with Gasteiger partial charge in [-0.2, -0.15) is 0 Å². The second-order valence-electron chi connectivity index (χ2n) is 6.32. The molecule has 1 aromatic heterocycles. The van der Waals surface area contributed by atoms with Gasteiger partial charge in [-0.1, -0.05) is 13.0 Å². The number of hydrogen-bond acceptors (Lipinski definition) is 5. The van der Waals surface area contributed by atoms with Gasteiger partial charge in [-0.3, -0.25) is 9.59 Å². The van der Waals surface area contributed by atoms with Crippen LogP contribution in [0.15, 0.2) is 24.3 Å². The monoisotopic (exact) mass is 390 g/mol. The normalized spacial score (nSPS) is 10.4. The van der Waals surface area contributed by atoms with E-state index in [0.717, 1.165) is 22.4 Å². The van der Waals surface area contributed by atoms with Crippen LogP contribution in [0, 0.1) is 6.92 Å². The number of rotatable bonds is 8. The Labute approximate surface area is 164 Å². The highest BCUT2D eigenvalue weighted by atomic mass is 32.1. The average Bonchev–Trinajstić information content (AvgIpc) is 3.05. The Hall–Kier alpha value is -2.54. The molecule has 27 heavy (non-hydrogen) atoms. The molecule has 0 aliphatic rings. The first-order valence-electron chi connectivity index (χ1n) is 8.73. The van der Waals surface area contributed by atoms with Crippen molar-refractivity contribution in [2.75, 3.05) is 27.8 Å². The molecule has 0 bridgehead atoms. The minimum absolute atomic E-state index is 0.0586. The minimum Gasteiger partial charge on any atom is -0.493 e. The molecular weight excluding hydrogens is 364 g/mol. The number of likely N-dealkylation sites (N-methyl/N-ethyl adjacent to an activating group) is 1. The highest BCUT2D eigenvalue weighted by molar-refractivity contribution is 7.14. The number of aryl methyl sites for hydroxylation is 2. The molecule has 6 nitrogen and oxygen atoms in total. The van der Waals surface area contributed by atoms with Crippen LogP contribution in [0.25, 0.3) is 0 Å². The standard InChI is InChI=1S/C20H26N2O4S/c1-6-17-13(2)9-18(27-17)20(24)21-11-14-7-8-15(16(10-14)25-5)26-12-19(23)22(3)4/h7-10H,6,11-12H2,1-5H3,(H,21,24). The van der Waals surface area contributed by atoms with E-state index in [2.05, 4.69) is 12.2 Å². The van der Waals surface area contributed by atoms with Crippen LogP contribution in [0.3, 0.4) is 0 Å². The third-order valence-electron chi connectivity index (χ3n) is 4.10. The summed E-state index contributed by atoms with van der Waals surface area (Å²) < 4.78 is 10.9. The second kappa shape index (κ2) is 9.41. The predicted molar refractivity (Wildman–Crippen MR) is 107 cm³/mol. The Bertz CT molecular complexity index is 814. The van der Waals surface area contributed by atoms with Crippen molar-refractivity contribution in [2.24, 2.45) is 0 Å². The van der Waals surface area contributed by atoms with Gasteiger partial charge in [-0.05, 0) is 42.7 Å². The molecule has 0 saturated heterocycles. The number of benzene rings is 1. The first-order chi connectivity index (χ1) is 12.8. The zero-order valence-corrected chi connectivity index (χ0v) is 17.2. The molecule has 7 heteroatoms. The Morgan fingerprint density at radius 2 is 1.93 bits per heavy atom. The van der Waals surface area contributed by atoms with Gasteiger partial charge in [0.1, 0.15) is 0 Å². The van der Waals surface area contributed by atoms with Crippen molar-refractivity contribution < 1.29 is 19.1 Å². The summed E-state index contributed by atoms with van der Waals surface area (Å²) in [7, 11) is 4.89. The lowest BCUT2D eigenvalue weighted by Crippen LogP contribution is -2.27. The van der Waals surface area contributed by atoms with Crippen molar-refractivity contribution in [1.82, 2.24) is 10.2 Å². The van der Waals surface area contributed by atoms with Gasteiger partial charge in [0.05, 0.1) is 12.0 Å². The molecule has 1 aromatic carbocycles. The first kappa shape index (κ1) is 20.8. The Morgan fingerprint density at radius 1 is 1.19 bits per heavy atom. The third kappa shape index (κ3) is 5.47. The smallest absolute Gasteiger partial charge is 0.261 e. The highest BCUT2D eigenvalue weighted by Gasteiger charge is 2.13. The van der Waals surface area contributed by atoms with Gasteiger partial charge in [0.2, 0.25) is 0 Å². The van der Waals surface area contributed by atoms with Crippen molar-refractivity contribution in [3.8, 4) is 11.5 Å². The van der Waals surface area contributed by atoms with Crippen LogP contribution < -0.4 is 14.8 Å². The molecule has 2 rings (SSSR count). The van der Waals surface area contributed by atoms with Crippen LogP contribution in [-0.4, -0.2) is 44.5 Å². The summed E-state index contributed by atoms with van der Waals surface area (Å²) in [5.74, 6) is 0.794. The minimum atomic E-state index is -0.133. The van der Waals surface area contributed by atoms with Crippen LogP contribution in [-0.2, 0) is 17.8 Å². The molecule has 0 fully saturated rings. The first-order valence-corrected chi connectivity index (χ1v) is 9.54. The molecule has 0 radical (unpaired) electrons. The molecule has 0 saturated carbocycles. The number of thiophene rings is 1. The third-order valence-corrected chi connectivity index (χ3v) is 5.48. The quantitative estimate of drug-likeness (QED) is 0.752. The zero-order valence-electron chi connectivity index (χ0n) is 16.4. The zero-order chi connectivity index (χ0) is 20.0. The number of carbonyl (C=O) groups is 2. The molecule has 0 atom stereocenters. The maximum atomic E-state index is 12.4. The fraction of sp³-hybridized carbons (Fsp3) is 0.400. The number of hydrogen-bond donors (Lipinski definition) is 1. The summed E-state index contributed by atoms with van der Waals surface area (Å²) in [6, 6.07) is 7.31. The summed E-state index contributed by atoms with van der Waals surface area (Å²) in [6.07, 6.45) is 0.929. The molecule has 0 aliphatic heterocycles. The van der Waals surface area contributed by atoms with Gasteiger partial charge in [0.15, 0.2) is 18.1 Å². The van der Waals surface area contributed by atoms with Gasteiger partial charge >= 0.3 is 0 Å². The molecule has 2 amide bonds. The molecular formula is C20H26N2O4S. The Balaban J connectivity index is 2.00. The molecule has 1 heterocycles. The van der Waals surface area contributed by atoms with E-state index in [0.29, 0.717) is 18.0 Å². The van der Waals surface area contributed by atoms with Gasteiger partial charge in [0.25, 0.3) is 11.8 Å². The molecule has 146 valence electrons. The number of ether oxygens (including phenoxy) is 2. The maximum Gasteiger partial charge on any atom is 0.261 e. The highest BCUT2D eigenvalue weighted by Crippen LogP contribution is 2.28. The second-order valence-corrected chi connectivity index (χ2v) is 7.45. The lowest BCUT2D eigenvalue weighted by atomic mass is 10.2. The summed E-state index contributed by atoms with van der Waals surface area (Å²) in [5, 5.41) is 2.93. The lowest BCUT2D eigenvalue weighted by Gasteiger charge is -2.14. The van der Waals surface area contributed by atoms with Gasteiger partial charge < -0.3 is 19.7 Å². The van der Waals surface area contributed by atoms with E-state index >= 15 is 0 Å². The van der Waals surface area contributed by atoms with Crippen LogP contribution >= 0.6 is 11.3 Å². The van der Waals surface area contributed by atoms with Gasteiger partial charge in [-0.15, -0.1) is 11.3 Å². The molecule has 0 aliphatic carbocycles. The fourth-order valence-corrected chi connectivity index (χ4v) is 3.49. The molecule has 1 N–H and O–H groups in total. The van der Waals surface area contributed by atoms with Crippen LogP contribution in [0.4, 0.5) is 0 Å². The molecule has 0 unspecified atom stereocenters. The van der Waals surface area contributed by atoms with E-state index in [1.54, 1.807) is 33.3 Å². The number of amides is 2. The summed E-state index contributed by atoms with van der Waals surface area (Å²) in [4.78, 5) is 27.4. The van der Waals surface area contributed by atoms with E-state index in [9.17, 15) is 9.59 Å². The lowest BCUT2D eigenvalue weighted by molar-refractivity contribution is -0.130. The van der Waals surface area contributed by atoms with Crippen molar-refractivity contribution >= 4 is 23.2 Å². The molecule has 2 aromatic rings. The van der Waals surface area contributed by atoms with Gasteiger partial charge in [-0.25, -0.2) is 0 Å². The van der Waals surface area contributed by atoms with E-state index in [-0.39, 0.29) is 18.4 Å². The van der Waals surface area contributed by atoms with Gasteiger partial charge in [0, 0.05) is 25.5 Å². The average molecular weight is 391 g/mol. The van der Waals surface area contributed by atoms with Crippen molar-refractivity contribution in [2.45, 2.75) is 26.8 Å². The fourth-order valence-electron chi connectivity index (χ4n) is 2.46. The Morgan fingerprint density at radius 3 is 2.52 bits per heavy atom. The van der Waals surface area contributed by atoms with Crippen LogP contribution in [0.5, 0.6) is 11.5 Å². The summed E-state index contributed by atoms with van der Waals surface area (Å²) >= 11 is 1.53. The van der Waals surface area contributed by atoms with E-state index in [4.69, 9.17) is 9.47 Å². The number of nitrogens with one attached hydrogen (secondary N) is 1. The van der Waals surface area contributed by atoms with Crippen LogP contribution in [0.1, 0.15) is 32.6 Å². The number of carbonyl (C=O) groups excluding carboxylic acids is 2. The summed E-state index contributed by atoms with van der Waals surface area (Å²) in [5.41, 5.74) is 2.04. The Kier molecular flexibility index (Phi) is 7.24. The van der Waals surface area contributed by atoms with E-state index < -0.39 is 0 Å². The van der Waals surface area contributed by atoms with Crippen LogP contribution in [0.2, 0.25) is 0 Å². The van der Waals surface area contributed by atoms with E-state index in [1.807, 2.05) is 19.1 Å². The SMILES string of the molecule is CCc1sc(C(=O)NCc2ccc(OCC(=O)N(C)C)c(OC)c2)cc1C. The maximum absolute atomic E-state index is 12.4. The van der Waals surface area contributed by atoms with Crippen molar-refractivity contribution in [3.63, 3.8) is 0 Å².